The van der Waals surface area contributed by atoms with Crippen molar-refractivity contribution in [3.8, 4) is 5.75 Å². The zero-order valence-corrected chi connectivity index (χ0v) is 11.2. The minimum Gasteiger partial charge on any atom is -0.494 e. The van der Waals surface area contributed by atoms with Crippen molar-refractivity contribution in [2.75, 3.05) is 6.61 Å². The number of aryl methyl sites for hydroxylation is 1. The lowest BCUT2D eigenvalue weighted by Crippen LogP contribution is -1.99. The lowest BCUT2D eigenvalue weighted by Gasteiger charge is -2.07. The van der Waals surface area contributed by atoms with Crippen LogP contribution in [-0.4, -0.2) is 17.5 Å². The van der Waals surface area contributed by atoms with Crippen LogP contribution in [0, 0.1) is 6.92 Å². The molecule has 18 heavy (non-hydrogen) atoms. The van der Waals surface area contributed by atoms with E-state index >= 15 is 0 Å². The molecule has 0 radical (unpaired) electrons. The highest BCUT2D eigenvalue weighted by Crippen LogP contribution is 2.28. The fourth-order valence-electron chi connectivity index (χ4n) is 2.40. The highest BCUT2D eigenvalue weighted by molar-refractivity contribution is 6.00. The fraction of sp³-hybridized carbons (Fsp3) is 0.400. The number of carbonyl (C=O) groups excluding carboxylic acids is 1. The van der Waals surface area contributed by atoms with Crippen molar-refractivity contribution in [2.45, 2.75) is 33.7 Å². The number of nitrogens with zero attached hydrogens (tertiary/aromatic N) is 1. The summed E-state index contributed by atoms with van der Waals surface area (Å²) in [5, 5.41) is 0.988. The molecule has 96 valence electrons. The Labute approximate surface area is 107 Å². The number of benzene rings is 1. The smallest absolute Gasteiger partial charge is 0.152 e. The summed E-state index contributed by atoms with van der Waals surface area (Å²) >= 11 is 0. The van der Waals surface area contributed by atoms with E-state index in [0.29, 0.717) is 6.61 Å². The van der Waals surface area contributed by atoms with Crippen molar-refractivity contribution in [3.05, 3.63) is 29.5 Å². The van der Waals surface area contributed by atoms with Crippen molar-refractivity contribution in [1.82, 2.24) is 4.57 Å². The number of aldehydes is 1. The molecule has 0 aliphatic carbocycles. The molecule has 1 aromatic carbocycles. The van der Waals surface area contributed by atoms with Crippen LogP contribution in [0.4, 0.5) is 0 Å². The average molecular weight is 245 g/mol. The van der Waals surface area contributed by atoms with Gasteiger partial charge in [-0.2, -0.15) is 0 Å². The molecule has 0 bridgehead atoms. The van der Waals surface area contributed by atoms with E-state index in [9.17, 15) is 4.79 Å². The van der Waals surface area contributed by atoms with E-state index in [2.05, 4.69) is 11.5 Å². The molecule has 0 atom stereocenters. The van der Waals surface area contributed by atoms with Gasteiger partial charge in [-0.25, -0.2) is 0 Å². The van der Waals surface area contributed by atoms with E-state index < -0.39 is 0 Å². The van der Waals surface area contributed by atoms with Gasteiger partial charge in [0, 0.05) is 28.7 Å². The summed E-state index contributed by atoms with van der Waals surface area (Å²) in [4.78, 5) is 11.3. The molecular weight excluding hydrogens is 226 g/mol. The molecule has 0 amide bonds. The van der Waals surface area contributed by atoms with E-state index in [4.69, 9.17) is 4.74 Å². The van der Waals surface area contributed by atoms with Crippen molar-refractivity contribution in [3.63, 3.8) is 0 Å². The molecule has 2 aromatic rings. The minimum atomic E-state index is 0.635. The molecule has 3 heteroatoms. The first-order valence-electron chi connectivity index (χ1n) is 6.43. The highest BCUT2D eigenvalue weighted by Gasteiger charge is 2.13. The van der Waals surface area contributed by atoms with E-state index in [1.54, 1.807) is 0 Å². The van der Waals surface area contributed by atoms with Gasteiger partial charge in [-0.1, -0.05) is 6.92 Å². The summed E-state index contributed by atoms with van der Waals surface area (Å²) in [6.45, 7) is 7.67. The first-order valence-corrected chi connectivity index (χ1v) is 6.43. The Balaban J connectivity index is 2.66. The Morgan fingerprint density at radius 3 is 2.72 bits per heavy atom. The fourth-order valence-corrected chi connectivity index (χ4v) is 2.40. The molecule has 0 spiro atoms. The molecule has 1 aromatic heterocycles. The number of carbonyl (C=O) groups is 1. The Morgan fingerprint density at radius 2 is 2.11 bits per heavy atom. The first-order chi connectivity index (χ1) is 8.72. The van der Waals surface area contributed by atoms with Crippen LogP contribution < -0.4 is 4.74 Å². The van der Waals surface area contributed by atoms with Crippen LogP contribution in [0.25, 0.3) is 10.9 Å². The maximum atomic E-state index is 11.3. The maximum Gasteiger partial charge on any atom is 0.152 e. The number of rotatable bonds is 5. The van der Waals surface area contributed by atoms with Crippen LogP contribution >= 0.6 is 0 Å². The van der Waals surface area contributed by atoms with Gasteiger partial charge in [0.25, 0.3) is 0 Å². The number of ether oxygens (including phenoxy) is 1. The van der Waals surface area contributed by atoms with E-state index in [0.717, 1.165) is 47.2 Å². The van der Waals surface area contributed by atoms with Crippen LogP contribution in [0.1, 0.15) is 36.3 Å². The second kappa shape index (κ2) is 5.25. The lowest BCUT2D eigenvalue weighted by molar-refractivity contribution is 0.112. The number of fused-ring (bicyclic) bond motifs is 1. The molecule has 0 aliphatic rings. The average Bonchev–Trinajstić information content (AvgIpc) is 2.63. The van der Waals surface area contributed by atoms with Crippen molar-refractivity contribution in [1.29, 1.82) is 0 Å². The van der Waals surface area contributed by atoms with Gasteiger partial charge in [0.05, 0.1) is 6.61 Å². The summed E-state index contributed by atoms with van der Waals surface area (Å²) in [5.74, 6) is 0.821. The monoisotopic (exact) mass is 245 g/mol. The molecule has 3 nitrogen and oxygen atoms in total. The maximum absolute atomic E-state index is 11.3. The van der Waals surface area contributed by atoms with Gasteiger partial charge >= 0.3 is 0 Å². The van der Waals surface area contributed by atoms with Crippen molar-refractivity contribution >= 4 is 17.2 Å². The topological polar surface area (TPSA) is 31.2 Å². The minimum absolute atomic E-state index is 0.635. The number of aromatic nitrogens is 1. The Kier molecular flexibility index (Phi) is 3.70. The van der Waals surface area contributed by atoms with Crippen LogP contribution in [0.15, 0.2) is 18.2 Å². The van der Waals surface area contributed by atoms with E-state index in [1.807, 2.05) is 32.0 Å². The molecule has 0 saturated carbocycles. The predicted octanol–water partition coefficient (Wildman–Crippen LogP) is 3.57. The highest BCUT2D eigenvalue weighted by atomic mass is 16.5. The third-order valence-electron chi connectivity index (χ3n) is 3.22. The molecule has 2 rings (SSSR count). The predicted molar refractivity (Wildman–Crippen MR) is 73.5 cm³/mol. The van der Waals surface area contributed by atoms with E-state index in [1.165, 1.54) is 0 Å². The SMILES string of the molecule is CCCn1c(C)c(C=O)c2cc(OCC)ccc21. The molecule has 0 saturated heterocycles. The van der Waals surface area contributed by atoms with E-state index in [-0.39, 0.29) is 0 Å². The quantitative estimate of drug-likeness (QED) is 0.754. The van der Waals surface area contributed by atoms with Gasteiger partial charge in [0.15, 0.2) is 6.29 Å². The standard InChI is InChI=1S/C15H19NO2/c1-4-8-16-11(3)14(10-17)13-9-12(18-5-2)6-7-15(13)16/h6-7,9-10H,4-5,8H2,1-3H3. The molecule has 0 unspecified atom stereocenters. The lowest BCUT2D eigenvalue weighted by atomic mass is 10.1. The molecule has 0 aliphatic heterocycles. The summed E-state index contributed by atoms with van der Waals surface area (Å²) < 4.78 is 7.70. The molecular formula is C15H19NO2. The van der Waals surface area contributed by atoms with Crippen LogP contribution in [-0.2, 0) is 6.54 Å². The normalized spacial score (nSPS) is 10.8. The summed E-state index contributed by atoms with van der Waals surface area (Å²) in [6.07, 6.45) is 2.00. The van der Waals surface area contributed by atoms with Crippen LogP contribution in [0.5, 0.6) is 5.75 Å². The number of hydrogen-bond acceptors (Lipinski definition) is 2. The van der Waals surface area contributed by atoms with Gasteiger partial charge in [-0.15, -0.1) is 0 Å². The number of hydrogen-bond donors (Lipinski definition) is 0. The first kappa shape index (κ1) is 12.7. The molecule has 0 N–H and O–H groups in total. The second-order valence-electron chi connectivity index (χ2n) is 4.38. The summed E-state index contributed by atoms with van der Waals surface area (Å²) in [5.41, 5.74) is 2.93. The summed E-state index contributed by atoms with van der Waals surface area (Å²) in [7, 11) is 0. The van der Waals surface area contributed by atoms with Gasteiger partial charge in [-0.05, 0) is 38.5 Å². The summed E-state index contributed by atoms with van der Waals surface area (Å²) in [6, 6.07) is 5.96. The molecule has 1 heterocycles. The van der Waals surface area contributed by atoms with Crippen LogP contribution in [0.2, 0.25) is 0 Å². The van der Waals surface area contributed by atoms with Crippen molar-refractivity contribution < 1.29 is 9.53 Å². The zero-order chi connectivity index (χ0) is 13.1. The van der Waals surface area contributed by atoms with Crippen molar-refractivity contribution in [2.24, 2.45) is 0 Å². The van der Waals surface area contributed by atoms with Gasteiger partial charge in [0.1, 0.15) is 5.75 Å². The van der Waals surface area contributed by atoms with Gasteiger partial charge < -0.3 is 9.30 Å². The largest absolute Gasteiger partial charge is 0.494 e. The van der Waals surface area contributed by atoms with Crippen LogP contribution in [0.3, 0.4) is 0 Å². The Morgan fingerprint density at radius 1 is 1.33 bits per heavy atom. The van der Waals surface area contributed by atoms with Gasteiger partial charge in [0.2, 0.25) is 0 Å². The zero-order valence-electron chi connectivity index (χ0n) is 11.2. The Hall–Kier alpha value is -1.77. The third-order valence-corrected chi connectivity index (χ3v) is 3.22. The third kappa shape index (κ3) is 2.01. The van der Waals surface area contributed by atoms with Gasteiger partial charge in [-0.3, -0.25) is 4.79 Å². The second-order valence-corrected chi connectivity index (χ2v) is 4.38. The molecule has 0 fully saturated rings. The Bertz CT molecular complexity index is 569.